The monoisotopic (exact) mass is 2500 g/mol. The topological polar surface area (TPSA) is 150 Å². The molecule has 0 aliphatic carbocycles. The average Bonchev–Trinajstić information content (AvgIpc) is 1.62. The Hall–Kier alpha value is -13.7. The summed E-state index contributed by atoms with van der Waals surface area (Å²) in [6, 6.07) is 135. The molecule has 0 aliphatic heterocycles. The van der Waals surface area contributed by atoms with Crippen LogP contribution in [-0.4, -0.2) is 48.9 Å². The van der Waals surface area contributed by atoms with Crippen LogP contribution < -0.4 is 0 Å². The normalized spacial score (nSPS) is 11.9. The minimum absolute atomic E-state index is 0. The van der Waals surface area contributed by atoms with Crippen LogP contribution in [0.15, 0.2) is 383 Å². The van der Waals surface area contributed by atoms with E-state index in [4.69, 9.17) is 34.3 Å². The maximum atomic E-state index is 10.6. The van der Waals surface area contributed by atoms with E-state index in [1.165, 1.54) is 51.5 Å². The first-order valence-electron chi connectivity index (χ1n) is 46.9. The Morgan fingerprint density at radius 3 is 1.05 bits per heavy atom. The van der Waals surface area contributed by atoms with Crippen LogP contribution in [0.4, 0.5) is 17.1 Å². The van der Waals surface area contributed by atoms with Gasteiger partial charge in [0.05, 0.1) is 17.1 Å². The zero-order valence-electron chi connectivity index (χ0n) is 79.8. The number of nitrogens with zero attached hydrogens (tertiary/aromatic N) is 6. The van der Waals surface area contributed by atoms with Crippen molar-refractivity contribution < 1.29 is 82.9 Å². The van der Waals surface area contributed by atoms with Crippen LogP contribution in [0.25, 0.3) is 191 Å². The predicted molar refractivity (Wildman–Crippen MR) is 600 cm³/mol. The molecule has 0 saturated heterocycles. The molecule has 0 amide bonds. The van der Waals surface area contributed by atoms with Crippen LogP contribution in [-0.2, 0) is 79.4 Å². The third-order valence-electron chi connectivity index (χ3n) is 25.7. The summed E-state index contributed by atoms with van der Waals surface area (Å²) in [6.45, 7) is 19.5. The predicted octanol–water partition coefficient (Wildman–Crippen LogP) is 36.2. The number of para-hydroxylation sites is 4. The number of hydrogen-bond acceptors (Lipinski definition) is 15. The van der Waals surface area contributed by atoms with Gasteiger partial charge in [-0.15, -0.1) is 164 Å². The van der Waals surface area contributed by atoms with Gasteiger partial charge in [0.1, 0.15) is 43.4 Å². The number of phenolic OH excluding ortho intramolecular Hbond substituents is 3. The van der Waals surface area contributed by atoms with Gasteiger partial charge in [0.25, 0.3) is 0 Å². The van der Waals surface area contributed by atoms with Crippen molar-refractivity contribution in [3.8, 4) is 116 Å². The van der Waals surface area contributed by atoms with Crippen LogP contribution in [0, 0.1) is 18.2 Å². The van der Waals surface area contributed by atoms with Crippen LogP contribution >= 0.6 is 56.7 Å². The van der Waals surface area contributed by atoms with Crippen LogP contribution in [0.2, 0.25) is 0 Å². The van der Waals surface area contributed by atoms with Crippen LogP contribution in [0.1, 0.15) is 95.7 Å². The van der Waals surface area contributed by atoms with E-state index in [1.807, 2.05) is 174 Å². The Kier molecular flexibility index (Phi) is 28.6. The first kappa shape index (κ1) is 99.1. The number of rotatable bonds is 15. The van der Waals surface area contributed by atoms with Gasteiger partial charge in [-0.05, 0) is 200 Å². The summed E-state index contributed by atoms with van der Waals surface area (Å²) in [5.41, 5.74) is 28.3. The smallest absolute Gasteiger partial charge is 0.135 e. The molecule has 0 fully saturated rings. The standard InChI is InChI=1S/C42H31N2O2S.2C42H31N2OS2.3Pt/c1-42(2,3)30-18-19-36(45)29(21-30)25-43-35-15-9-7-14-32(35)41-44-40-33(26-11-5-4-6-12-26)23-28(24-39(40)47-41)27-17-20-38-34(22-27)31-13-8-10-16-37(31)46-38;1-42(2,3)29-20-21-36(45)28(22-29)25-43-35-18-9-7-15-33(35)41-44-39-34(26-12-5-4-6-13-26)23-27(24-38(39)47-41)30-16-11-17-32-31-14-8-10-19-37(31)46-40(30)32;1-42(2,3)30-18-19-36(45)29(21-30)25-43-35-15-9-7-14-32(35)41-44-40-33(26-11-5-4-6-12-26)23-28(24-39(40)47-41)27-17-20-38-34(22-27)31-13-8-10-16-37(31)46-38;;;/h4-11,13-25,45H,1-3H3;4-12,14-25,45H,1-3H3;4-11,13-25,45H,1-3H3;;;/q3*-1;;;. The molecule has 0 saturated carbocycles. The molecule has 24 aromatic rings. The first-order chi connectivity index (χ1) is 68.5. The Bertz CT molecular complexity index is 8700. The van der Waals surface area contributed by atoms with Gasteiger partial charge in [-0.25, -0.2) is 15.0 Å². The van der Waals surface area contributed by atoms with Crippen molar-refractivity contribution >= 4 is 185 Å². The molecule has 0 bridgehead atoms. The number of furan rings is 1. The SMILES string of the molecule is CC(C)(C)c1ccc(O)c(C=Nc2ccccc2-c2nc3c(-c4[c-]cccc4)cc(-c4ccc5oc6ccccc6c5c4)cc3s2)c1.CC(C)(C)c1ccc(O)c(C=Nc2ccccc2-c2nc3c(-c4[c-]cccc4)cc(-c4ccc5sc6ccccc6c5c4)cc3s2)c1.CC(C)(C)c1ccc(O)c(C=Nc2ccccc2-c2nc3c(-c4[c-]cccc4)cc(-c4cccc5c4sc4ccccc45)cc3s2)c1.[Pt].[Pt].[Pt]. The summed E-state index contributed by atoms with van der Waals surface area (Å²) in [5, 5.41) is 41.9. The van der Waals surface area contributed by atoms with Gasteiger partial charge in [0.15, 0.2) is 0 Å². The van der Waals surface area contributed by atoms with Crippen molar-refractivity contribution in [2.24, 2.45) is 15.0 Å². The van der Waals surface area contributed by atoms with E-state index in [-0.39, 0.29) is 96.7 Å². The molecule has 6 heterocycles. The second-order valence-corrected chi connectivity index (χ2v) is 43.5. The number of thiophene rings is 2. The fraction of sp³-hybridized carbons (Fsp3) is 0.0952. The average molecular weight is 2500 g/mol. The molecule has 24 rings (SSSR count). The van der Waals surface area contributed by atoms with Gasteiger partial charge in [-0.1, -0.05) is 237 Å². The van der Waals surface area contributed by atoms with Crippen LogP contribution in [0.3, 0.4) is 0 Å². The zero-order chi connectivity index (χ0) is 96.4. The van der Waals surface area contributed by atoms with Gasteiger partial charge in [0, 0.05) is 197 Å². The van der Waals surface area contributed by atoms with E-state index in [2.05, 4.69) is 275 Å². The molecule has 10 nitrogen and oxygen atoms in total. The molecular weight excluding hydrogens is 2410 g/mol. The fourth-order valence-corrected chi connectivity index (χ4v) is 23.6. The van der Waals surface area contributed by atoms with Crippen molar-refractivity contribution in [3.05, 3.63) is 416 Å². The Balaban J connectivity index is 0.000000135. The summed E-state index contributed by atoms with van der Waals surface area (Å²) < 4.78 is 14.6. The van der Waals surface area contributed by atoms with E-state index in [9.17, 15) is 15.3 Å². The van der Waals surface area contributed by atoms with E-state index < -0.39 is 0 Å². The Morgan fingerprint density at radius 1 is 0.264 bits per heavy atom. The summed E-state index contributed by atoms with van der Waals surface area (Å²) >= 11 is 8.69. The summed E-state index contributed by atoms with van der Waals surface area (Å²) in [6.07, 6.45) is 5.25. The van der Waals surface area contributed by atoms with Crippen molar-refractivity contribution in [1.29, 1.82) is 0 Å². The zero-order valence-corrected chi connectivity index (χ0v) is 90.7. The third kappa shape index (κ3) is 20.3. The molecule has 714 valence electrons. The molecule has 6 aromatic heterocycles. The Labute approximate surface area is 899 Å². The number of aromatic hydroxyl groups is 3. The second kappa shape index (κ2) is 41.6. The number of phenols is 3. The molecular formula is C126H93N6O4Pt3S5-3. The molecule has 3 N–H and O–H groups in total. The van der Waals surface area contributed by atoms with Crippen molar-refractivity contribution in [2.45, 2.75) is 78.6 Å². The molecule has 18 heteroatoms. The van der Waals surface area contributed by atoms with E-state index in [0.29, 0.717) is 16.7 Å². The molecule has 0 aliphatic rings. The summed E-state index contributed by atoms with van der Waals surface area (Å²) in [5.74, 6) is 0.630. The van der Waals surface area contributed by atoms with Gasteiger partial charge in [-0.3, -0.25) is 15.0 Å². The largest absolute Gasteiger partial charge is 0.507 e. The maximum Gasteiger partial charge on any atom is 0.135 e. The van der Waals surface area contributed by atoms with Crippen molar-refractivity contribution in [3.63, 3.8) is 0 Å². The molecule has 144 heavy (non-hydrogen) atoms. The van der Waals surface area contributed by atoms with Crippen molar-refractivity contribution in [1.82, 2.24) is 15.0 Å². The molecule has 18 aromatic carbocycles. The van der Waals surface area contributed by atoms with Gasteiger partial charge in [0.2, 0.25) is 0 Å². The summed E-state index contributed by atoms with van der Waals surface area (Å²) in [4.78, 5) is 30.3. The number of fused-ring (bicyclic) bond motifs is 12. The van der Waals surface area contributed by atoms with E-state index >= 15 is 0 Å². The number of aliphatic imine (C=N–C) groups is 3. The van der Waals surface area contributed by atoms with E-state index in [1.54, 1.807) is 70.9 Å². The first-order valence-corrected chi connectivity index (χ1v) is 51.0. The minimum atomic E-state index is -0.0417. The van der Waals surface area contributed by atoms with Gasteiger partial charge >= 0.3 is 0 Å². The molecule has 0 unspecified atom stereocenters. The van der Waals surface area contributed by atoms with Crippen molar-refractivity contribution in [2.75, 3.05) is 0 Å². The Morgan fingerprint density at radius 2 is 0.611 bits per heavy atom. The molecule has 0 atom stereocenters. The fourth-order valence-electron chi connectivity index (χ4n) is 18.1. The number of thiazole rings is 3. The summed E-state index contributed by atoms with van der Waals surface area (Å²) in [7, 11) is 0. The maximum absolute atomic E-state index is 10.6. The second-order valence-electron chi connectivity index (χ2n) is 38.3. The number of benzene rings is 18. The van der Waals surface area contributed by atoms with Gasteiger partial charge in [-0.2, -0.15) is 0 Å². The molecule has 0 spiro atoms. The van der Waals surface area contributed by atoms with Crippen LogP contribution in [0.5, 0.6) is 17.2 Å². The minimum Gasteiger partial charge on any atom is -0.507 e. The number of aromatic nitrogens is 3. The molecule has 0 radical (unpaired) electrons. The third-order valence-corrected chi connectivity index (χ3v) is 31.2. The van der Waals surface area contributed by atoms with E-state index in [0.717, 1.165) is 174 Å². The number of hydrogen-bond donors (Lipinski definition) is 3. The van der Waals surface area contributed by atoms with Gasteiger partial charge < -0.3 is 19.7 Å². The quantitative estimate of drug-likeness (QED) is 0.0683.